The third-order valence-electron chi connectivity index (χ3n) is 6.96. The molecule has 3 aliphatic heterocycles. The van der Waals surface area contributed by atoms with E-state index in [-0.39, 0.29) is 12.1 Å². The van der Waals surface area contributed by atoms with Gasteiger partial charge in [0.05, 0.1) is 38.2 Å². The fourth-order valence-corrected chi connectivity index (χ4v) is 5.22. The highest BCUT2D eigenvalue weighted by molar-refractivity contribution is 6.15. The van der Waals surface area contributed by atoms with E-state index in [0.717, 1.165) is 54.0 Å². The molecule has 8 nitrogen and oxygen atoms in total. The molecule has 2 aromatic rings. The van der Waals surface area contributed by atoms with Crippen molar-refractivity contribution in [1.29, 1.82) is 0 Å². The molecular formula is C26H32N4O4. The molecule has 180 valence electrons. The number of carbonyl (C=O) groups excluding carboxylic acids is 1. The Morgan fingerprint density at radius 1 is 1.09 bits per heavy atom. The minimum atomic E-state index is -0.238. The fourth-order valence-electron chi connectivity index (χ4n) is 5.22. The zero-order valence-electron chi connectivity index (χ0n) is 20.2. The molecule has 8 heteroatoms. The van der Waals surface area contributed by atoms with Crippen LogP contribution >= 0.6 is 0 Å². The summed E-state index contributed by atoms with van der Waals surface area (Å²) in [6.07, 6.45) is 3.51. The smallest absolute Gasteiger partial charge is 0.337 e. The van der Waals surface area contributed by atoms with Gasteiger partial charge in [0, 0.05) is 37.0 Å². The Morgan fingerprint density at radius 3 is 2.47 bits per heavy atom. The van der Waals surface area contributed by atoms with E-state index >= 15 is 0 Å². The zero-order chi connectivity index (χ0) is 23.8. The van der Waals surface area contributed by atoms with Crippen molar-refractivity contribution in [2.45, 2.75) is 44.4 Å². The molecule has 2 amide bonds. The molecule has 3 atom stereocenters. The number of fused-ring (bicyclic) bond motifs is 3. The van der Waals surface area contributed by atoms with E-state index in [2.05, 4.69) is 34.5 Å². The summed E-state index contributed by atoms with van der Waals surface area (Å²) in [7, 11) is 4.89. The number of nitrogens with zero attached hydrogens (tertiary/aromatic N) is 3. The average Bonchev–Trinajstić information content (AvgIpc) is 3.13. The number of amides is 2. The predicted molar refractivity (Wildman–Crippen MR) is 131 cm³/mol. The van der Waals surface area contributed by atoms with E-state index in [1.54, 1.807) is 21.3 Å². The third-order valence-corrected chi connectivity index (χ3v) is 6.96. The van der Waals surface area contributed by atoms with Gasteiger partial charge in [0.15, 0.2) is 11.5 Å². The molecule has 2 aromatic carbocycles. The van der Waals surface area contributed by atoms with Crippen LogP contribution in [0.3, 0.4) is 0 Å². The Morgan fingerprint density at radius 2 is 1.79 bits per heavy atom. The quantitative estimate of drug-likeness (QED) is 0.751. The Kier molecular flexibility index (Phi) is 6.08. The number of benzene rings is 2. The van der Waals surface area contributed by atoms with Crippen molar-refractivity contribution in [1.82, 2.24) is 10.3 Å². The highest BCUT2D eigenvalue weighted by atomic mass is 16.5. The van der Waals surface area contributed by atoms with Crippen LogP contribution in [-0.2, 0) is 11.2 Å². The van der Waals surface area contributed by atoms with Crippen molar-refractivity contribution in [3.05, 3.63) is 53.1 Å². The summed E-state index contributed by atoms with van der Waals surface area (Å²) >= 11 is 0. The molecule has 1 N–H and O–H groups in total. The number of methoxy groups -OCH3 is 2. The maximum absolute atomic E-state index is 12.7. The van der Waals surface area contributed by atoms with Crippen molar-refractivity contribution < 1.29 is 19.0 Å². The zero-order valence-corrected chi connectivity index (χ0v) is 20.2. The van der Waals surface area contributed by atoms with Crippen molar-refractivity contribution in [3.63, 3.8) is 0 Å². The first kappa shape index (κ1) is 22.5. The van der Waals surface area contributed by atoms with Gasteiger partial charge in [-0.25, -0.2) is 9.80 Å². The number of ether oxygens (including phenoxy) is 3. The molecule has 2 fully saturated rings. The highest BCUT2D eigenvalue weighted by Gasteiger charge is 2.34. The average molecular weight is 465 g/mol. The van der Waals surface area contributed by atoms with Crippen molar-refractivity contribution in [2.75, 3.05) is 39.3 Å². The summed E-state index contributed by atoms with van der Waals surface area (Å²) < 4.78 is 17.2. The van der Waals surface area contributed by atoms with Gasteiger partial charge in [-0.2, -0.15) is 5.10 Å². The lowest BCUT2D eigenvalue weighted by molar-refractivity contribution is 0.0305. The summed E-state index contributed by atoms with van der Waals surface area (Å²) in [6.45, 7) is 3.80. The monoisotopic (exact) mass is 464 g/mol. The molecule has 0 saturated carbocycles. The van der Waals surface area contributed by atoms with Gasteiger partial charge < -0.3 is 24.4 Å². The topological polar surface area (TPSA) is 75.6 Å². The van der Waals surface area contributed by atoms with Crippen LogP contribution in [0.1, 0.15) is 36.5 Å². The molecule has 5 rings (SSSR count). The second-order valence-corrected chi connectivity index (χ2v) is 9.18. The first-order chi connectivity index (χ1) is 16.5. The van der Waals surface area contributed by atoms with Gasteiger partial charge in [0.25, 0.3) is 0 Å². The van der Waals surface area contributed by atoms with Crippen LogP contribution < -0.4 is 19.7 Å². The molecular weight excluding hydrogens is 432 g/mol. The molecule has 2 bridgehead atoms. The van der Waals surface area contributed by atoms with Gasteiger partial charge in [-0.15, -0.1) is 0 Å². The van der Waals surface area contributed by atoms with Crippen molar-refractivity contribution in [3.8, 4) is 11.5 Å². The van der Waals surface area contributed by atoms with E-state index in [1.807, 2.05) is 19.1 Å². The molecule has 34 heavy (non-hydrogen) atoms. The van der Waals surface area contributed by atoms with Crippen LogP contribution in [0.2, 0.25) is 0 Å². The highest BCUT2D eigenvalue weighted by Crippen LogP contribution is 2.36. The Hall–Kier alpha value is -3.26. The van der Waals surface area contributed by atoms with Crippen molar-refractivity contribution in [2.24, 2.45) is 5.10 Å². The summed E-state index contributed by atoms with van der Waals surface area (Å²) in [4.78, 5) is 15.1. The minimum Gasteiger partial charge on any atom is -0.493 e. The van der Waals surface area contributed by atoms with Crippen molar-refractivity contribution >= 4 is 17.4 Å². The molecule has 3 aliphatic rings. The largest absolute Gasteiger partial charge is 0.493 e. The second kappa shape index (κ2) is 9.18. The maximum atomic E-state index is 12.7. The number of hydrogen-bond donors (Lipinski definition) is 1. The number of urea groups is 1. The summed E-state index contributed by atoms with van der Waals surface area (Å²) in [5, 5.41) is 9.16. The SMILES string of the molecule is CNC(=O)N1N=C(c2cccc(N3CC4CCC(C3)O4)c2)c2cc(OC)c(OC)cc2CC1C. The molecule has 0 aromatic heterocycles. The van der Waals surface area contributed by atoms with Gasteiger partial charge in [0.1, 0.15) is 0 Å². The number of hydrogen-bond acceptors (Lipinski definition) is 6. The lowest BCUT2D eigenvalue weighted by Crippen LogP contribution is -2.42. The summed E-state index contributed by atoms with van der Waals surface area (Å²) in [6, 6.07) is 12.0. The van der Waals surface area contributed by atoms with E-state index in [0.29, 0.717) is 30.1 Å². The molecule has 0 spiro atoms. The van der Waals surface area contributed by atoms with Gasteiger partial charge >= 0.3 is 6.03 Å². The van der Waals surface area contributed by atoms with Crippen LogP contribution in [-0.4, -0.2) is 69.4 Å². The Bertz CT molecular complexity index is 1110. The lowest BCUT2D eigenvalue weighted by Gasteiger charge is -2.34. The first-order valence-corrected chi connectivity index (χ1v) is 11.9. The molecule has 3 heterocycles. The number of carbonyl (C=O) groups is 1. The third kappa shape index (κ3) is 4.07. The Labute approximate surface area is 200 Å². The van der Waals surface area contributed by atoms with Gasteiger partial charge in [-0.1, -0.05) is 12.1 Å². The number of rotatable bonds is 4. The number of hydrazone groups is 1. The number of nitrogens with one attached hydrogen (secondary N) is 1. The van der Waals surface area contributed by atoms with Gasteiger partial charge in [0.2, 0.25) is 0 Å². The predicted octanol–water partition coefficient (Wildman–Crippen LogP) is 3.41. The van der Waals surface area contributed by atoms with Crippen LogP contribution in [0.15, 0.2) is 41.5 Å². The minimum absolute atomic E-state index is 0.132. The summed E-state index contributed by atoms with van der Waals surface area (Å²) in [5.74, 6) is 1.30. The normalized spacial score (nSPS) is 23.6. The first-order valence-electron chi connectivity index (χ1n) is 11.9. The van der Waals surface area contributed by atoms with Crippen LogP contribution in [0, 0.1) is 0 Å². The molecule has 0 radical (unpaired) electrons. The molecule has 3 unspecified atom stereocenters. The Balaban J connectivity index is 1.61. The van der Waals surface area contributed by atoms with E-state index < -0.39 is 0 Å². The van der Waals surface area contributed by atoms with Crippen LogP contribution in [0.5, 0.6) is 11.5 Å². The van der Waals surface area contributed by atoms with Crippen LogP contribution in [0.25, 0.3) is 0 Å². The van der Waals surface area contributed by atoms with Gasteiger partial charge in [-0.3, -0.25) is 0 Å². The fraction of sp³-hybridized carbons (Fsp3) is 0.462. The van der Waals surface area contributed by atoms with E-state index in [9.17, 15) is 4.79 Å². The van der Waals surface area contributed by atoms with Gasteiger partial charge in [-0.05, 0) is 56.0 Å². The van der Waals surface area contributed by atoms with E-state index in [4.69, 9.17) is 19.3 Å². The van der Waals surface area contributed by atoms with E-state index in [1.165, 1.54) is 5.01 Å². The second-order valence-electron chi connectivity index (χ2n) is 9.18. The molecule has 0 aliphatic carbocycles. The summed E-state index contributed by atoms with van der Waals surface area (Å²) in [5.41, 5.74) is 4.83. The van der Waals surface area contributed by atoms with Crippen LogP contribution in [0.4, 0.5) is 10.5 Å². The lowest BCUT2D eigenvalue weighted by atomic mass is 9.93. The number of morpholine rings is 1. The standard InChI is InChI=1S/C26H32N4O4/c1-16-10-18-12-23(32-3)24(33-4)13-22(18)25(28-30(16)26(31)27-2)17-6-5-7-19(11-17)29-14-20-8-9-21(15-29)34-20/h5-7,11-13,16,20-21H,8-10,14-15H2,1-4H3,(H,27,31). The number of anilines is 1. The maximum Gasteiger partial charge on any atom is 0.337 e. The molecule has 2 saturated heterocycles.